The zero-order chi connectivity index (χ0) is 51.4. The third-order valence-corrected chi connectivity index (χ3v) is 11.4. The van der Waals surface area contributed by atoms with Crippen LogP contribution in [0.25, 0.3) is 90.9 Å². The summed E-state index contributed by atoms with van der Waals surface area (Å²) in [6.45, 7) is 0. The Morgan fingerprint density at radius 2 is 0.452 bits per heavy atom. The minimum Gasteiger partial charge on any atom is -0.657 e. The summed E-state index contributed by atoms with van der Waals surface area (Å²) in [5, 5.41) is 98.4. The van der Waals surface area contributed by atoms with Crippen molar-refractivity contribution in [2.45, 2.75) is 0 Å². The molecule has 1 radical (unpaired) electrons. The molecule has 73 heavy (non-hydrogen) atoms. The summed E-state index contributed by atoms with van der Waals surface area (Å²) in [4.78, 5) is 118. The Morgan fingerprint density at radius 3 is 0.603 bits per heavy atom. The van der Waals surface area contributed by atoms with E-state index < -0.39 is 92.3 Å². The SMILES string of the molecule is O=C([O-])c1cc(C(=O)[O-])cc(-c2c3nc(c(-c4cc(C(=O)[O-])cc(C(=O)[O-])c4)c4ccc([n-]4)c(-c4cc(C(=O)[O-])cc(C(=O)[O-])c4)c4nc(c(-c5cc(C(=O)[O-])cc(C(=O)[O-])c5)c5ccc2[n-]5)C=C4)C=C3)c1.[Fe+3]. The van der Waals surface area contributed by atoms with Gasteiger partial charge in [-0.25, -0.2) is 9.97 Å². The van der Waals surface area contributed by atoms with Gasteiger partial charge in [-0.1, -0.05) is 24.3 Å². The molecule has 0 spiro atoms. The molecule has 0 fully saturated rings. The summed E-state index contributed by atoms with van der Waals surface area (Å²) in [6.07, 6.45) is 5.46. The van der Waals surface area contributed by atoms with Gasteiger partial charge in [-0.3, -0.25) is 0 Å². The second kappa shape index (κ2) is 18.9. The molecule has 359 valence electrons. The van der Waals surface area contributed by atoms with E-state index in [2.05, 4.69) is 0 Å². The number of carbonyl (C=O) groups is 8. The Hall–Kier alpha value is -10.2. The molecule has 21 heteroatoms. The quantitative estimate of drug-likeness (QED) is 0.114. The van der Waals surface area contributed by atoms with Gasteiger partial charge in [0.2, 0.25) is 0 Å². The van der Waals surface area contributed by atoms with Crippen LogP contribution in [-0.2, 0) is 17.1 Å². The predicted molar refractivity (Wildman–Crippen MR) is 233 cm³/mol. The summed E-state index contributed by atoms with van der Waals surface area (Å²) in [5.74, 6) is -14.4. The monoisotopic (exact) mass is 1010 g/mol. The summed E-state index contributed by atoms with van der Waals surface area (Å²) < 4.78 is 0. The van der Waals surface area contributed by atoms with Gasteiger partial charge in [0.1, 0.15) is 0 Å². The first-order chi connectivity index (χ1) is 34.2. The second-order valence-corrected chi connectivity index (χ2v) is 15.9. The molecule has 8 bridgehead atoms. The molecule has 5 heterocycles. The van der Waals surface area contributed by atoms with Crippen molar-refractivity contribution in [3.63, 3.8) is 0 Å². The maximum absolute atomic E-state index is 12.3. The molecule has 0 aliphatic carbocycles. The average molecular weight is 1010 g/mol. The average Bonchev–Trinajstić information content (AvgIpc) is 4.19. The van der Waals surface area contributed by atoms with E-state index in [1.54, 1.807) is 0 Å². The van der Waals surface area contributed by atoms with Crippen molar-refractivity contribution in [3.05, 3.63) is 164 Å². The van der Waals surface area contributed by atoms with Crippen LogP contribution >= 0.6 is 0 Å². The molecule has 3 aromatic heterocycles. The van der Waals surface area contributed by atoms with Crippen LogP contribution in [0.5, 0.6) is 0 Å². The van der Waals surface area contributed by atoms with Crippen molar-refractivity contribution in [3.8, 4) is 44.5 Å². The van der Waals surface area contributed by atoms with Gasteiger partial charge in [-0.2, -0.15) is 0 Å². The maximum atomic E-state index is 12.3. The van der Waals surface area contributed by atoms with Crippen molar-refractivity contribution in [2.75, 3.05) is 0 Å². The van der Waals surface area contributed by atoms with E-state index in [-0.39, 0.29) is 106 Å². The van der Waals surface area contributed by atoms with Crippen molar-refractivity contribution in [1.82, 2.24) is 19.9 Å². The number of carboxylic acid groups (broad SMARTS) is 8. The second-order valence-electron chi connectivity index (χ2n) is 15.9. The number of carboxylic acids is 8. The van der Waals surface area contributed by atoms with E-state index in [0.717, 1.165) is 72.8 Å². The number of hydrogen-bond donors (Lipinski definition) is 0. The number of aromatic carboxylic acids is 8. The third-order valence-electron chi connectivity index (χ3n) is 11.4. The van der Waals surface area contributed by atoms with E-state index in [1.807, 2.05) is 0 Å². The molecule has 0 unspecified atom stereocenters. The van der Waals surface area contributed by atoms with Gasteiger partial charge in [0.25, 0.3) is 0 Å². The first-order valence-corrected chi connectivity index (χ1v) is 20.6. The van der Waals surface area contributed by atoms with Crippen LogP contribution in [-0.4, -0.2) is 57.7 Å². The molecule has 7 aromatic rings. The minimum absolute atomic E-state index is 0. The van der Waals surface area contributed by atoms with Gasteiger partial charge in [0.15, 0.2) is 0 Å². The molecular weight excluding hydrogens is 992 g/mol. The number of carbonyl (C=O) groups excluding carboxylic acids is 8. The van der Waals surface area contributed by atoms with Gasteiger partial charge in [0, 0.05) is 0 Å². The Labute approximate surface area is 417 Å². The fourth-order valence-electron chi connectivity index (χ4n) is 8.30. The summed E-state index contributed by atoms with van der Waals surface area (Å²) in [7, 11) is 0. The Balaban J connectivity index is 0.00000711. The number of fused-ring (bicyclic) bond motifs is 8. The maximum Gasteiger partial charge on any atom is 3.00 e. The van der Waals surface area contributed by atoms with Gasteiger partial charge in [-0.15, -0.1) is 22.1 Å². The first-order valence-electron chi connectivity index (χ1n) is 20.6. The predicted octanol–water partition coefficient (Wildman–Crippen LogP) is -2.51. The van der Waals surface area contributed by atoms with Gasteiger partial charge in [0.05, 0.1) is 70.5 Å². The first kappa shape index (κ1) is 49.2. The summed E-state index contributed by atoms with van der Waals surface area (Å²) >= 11 is 0. The molecule has 2 aliphatic heterocycles. The molecule has 0 saturated heterocycles. The third kappa shape index (κ3) is 9.33. The van der Waals surface area contributed by atoms with E-state index in [0.29, 0.717) is 0 Å². The number of hydrogen-bond acceptors (Lipinski definition) is 18. The van der Waals surface area contributed by atoms with Crippen molar-refractivity contribution < 1.29 is 96.3 Å². The van der Waals surface area contributed by atoms with E-state index in [1.165, 1.54) is 48.6 Å². The molecule has 4 aromatic carbocycles. The standard InChI is InChI=1S/C52H30N4O16.Fe/c57-45(58)25-9-21(10-26(17-25)46(59)60)41-33-1-2-34(53-33)42(22-11-27(47(61)62)18-28(12-22)48(63)64)36-5-6-38(55-36)44(24-15-31(51(69)70)20-32(16-24)52(71)72)40-8-7-39(56-40)43(37-4-3-35(41)54-37)23-13-29(49(65)66)19-30(14-23)50(67)68;/h1-20H,(H10,53,54,55,56,57,58,59,60,61,62,63,64,65,66,67,68,69,70,71,72);/q;+3/p-10. The number of nitrogens with zero attached hydrogens (tertiary/aromatic N) is 4. The smallest absolute Gasteiger partial charge is 0.657 e. The summed E-state index contributed by atoms with van der Waals surface area (Å²) in [5.41, 5.74) is -6.64. The van der Waals surface area contributed by atoms with Crippen LogP contribution in [0.3, 0.4) is 0 Å². The number of benzene rings is 4. The van der Waals surface area contributed by atoms with Crippen LogP contribution in [0, 0.1) is 0 Å². The van der Waals surface area contributed by atoms with Crippen LogP contribution in [0.1, 0.15) is 106 Å². The van der Waals surface area contributed by atoms with E-state index in [4.69, 9.17) is 19.9 Å². The Morgan fingerprint density at radius 1 is 0.288 bits per heavy atom. The minimum atomic E-state index is -1.80. The van der Waals surface area contributed by atoms with Gasteiger partial charge >= 0.3 is 17.1 Å². The number of rotatable bonds is 12. The normalized spacial score (nSPS) is 11.4. The van der Waals surface area contributed by atoms with Crippen LogP contribution in [0.4, 0.5) is 0 Å². The van der Waals surface area contributed by atoms with Gasteiger partial charge in [-0.05, 0) is 186 Å². The van der Waals surface area contributed by atoms with E-state index in [9.17, 15) is 79.2 Å². The molecule has 0 N–H and O–H groups in total. The Kier molecular flexibility index (Phi) is 12.8. The van der Waals surface area contributed by atoms with Crippen LogP contribution in [0.2, 0.25) is 0 Å². The van der Waals surface area contributed by atoms with Crippen molar-refractivity contribution >= 4 is 94.1 Å². The van der Waals surface area contributed by atoms with Crippen LogP contribution in [0.15, 0.2) is 97.1 Å². The molecule has 0 amide bonds. The summed E-state index contributed by atoms with van der Waals surface area (Å²) in [6, 6.07) is 17.0. The molecule has 20 nitrogen and oxygen atoms in total. The van der Waals surface area contributed by atoms with Gasteiger partial charge < -0.3 is 89.2 Å². The van der Waals surface area contributed by atoms with Crippen LogP contribution < -0.4 is 50.8 Å². The van der Waals surface area contributed by atoms with Crippen molar-refractivity contribution in [1.29, 1.82) is 0 Å². The molecular formula is C52H20FeN4O16-7. The van der Waals surface area contributed by atoms with E-state index >= 15 is 0 Å². The molecule has 2 aliphatic rings. The molecule has 9 rings (SSSR count). The number of aromatic nitrogens is 4. The molecule has 0 atom stereocenters. The fraction of sp³-hybridized carbons (Fsp3) is 0. The largest absolute Gasteiger partial charge is 3.00 e. The zero-order valence-electron chi connectivity index (χ0n) is 36.2. The molecule has 0 saturated carbocycles. The zero-order valence-corrected chi connectivity index (χ0v) is 37.3. The topological polar surface area (TPSA) is 375 Å². The fourth-order valence-corrected chi connectivity index (χ4v) is 8.30. The van der Waals surface area contributed by atoms with Crippen molar-refractivity contribution in [2.24, 2.45) is 0 Å². The Bertz CT molecular complexity index is 3300.